The molecule has 270 valence electrons. The van der Waals surface area contributed by atoms with Crippen LogP contribution in [0.4, 0.5) is 16.2 Å². The Balaban J connectivity index is 1.06. The number of carbonyl (C=O) groups excluding carboxylic acids is 1. The highest BCUT2D eigenvalue weighted by Gasteiger charge is 2.39. The average Bonchev–Trinajstić information content (AvgIpc) is 3.19. The highest BCUT2D eigenvalue weighted by molar-refractivity contribution is 5.99. The number of hydrogen-bond acceptors (Lipinski definition) is 6. The Labute approximate surface area is 311 Å². The number of amides is 2. The summed E-state index contributed by atoms with van der Waals surface area (Å²) in [5.41, 5.74) is 5.15. The Hall–Kier alpha value is -5.51. The van der Waals surface area contributed by atoms with Gasteiger partial charge in [-0.1, -0.05) is 97.9 Å². The number of benzene rings is 6. The van der Waals surface area contributed by atoms with E-state index in [9.17, 15) is 9.90 Å². The van der Waals surface area contributed by atoms with Crippen LogP contribution in [0, 0.1) is 5.92 Å². The topological polar surface area (TPSA) is 92.3 Å². The van der Waals surface area contributed by atoms with Crippen LogP contribution in [0.2, 0.25) is 0 Å². The van der Waals surface area contributed by atoms with Crippen LogP contribution in [0.1, 0.15) is 54.5 Å². The third-order valence-electron chi connectivity index (χ3n) is 10.0. The third kappa shape index (κ3) is 8.76. The largest absolute Gasteiger partial charge is 0.457 e. The van der Waals surface area contributed by atoms with Gasteiger partial charge in [-0.2, -0.15) is 0 Å². The Morgan fingerprint density at radius 2 is 1.43 bits per heavy atom. The molecule has 6 aromatic carbocycles. The van der Waals surface area contributed by atoms with E-state index in [-0.39, 0.29) is 36.8 Å². The van der Waals surface area contributed by atoms with Crippen molar-refractivity contribution in [3.8, 4) is 11.5 Å². The summed E-state index contributed by atoms with van der Waals surface area (Å²) in [5, 5.41) is 18.0. The van der Waals surface area contributed by atoms with Crippen LogP contribution in [-0.4, -0.2) is 35.7 Å². The molecule has 1 aliphatic heterocycles. The molecule has 1 fully saturated rings. The number of hydrogen-bond donors (Lipinski definition) is 3. The molecule has 0 saturated carbocycles. The van der Waals surface area contributed by atoms with E-state index in [4.69, 9.17) is 14.2 Å². The van der Waals surface area contributed by atoms with Crippen LogP contribution >= 0.6 is 0 Å². The molecule has 8 heteroatoms. The second-order valence-electron chi connectivity index (χ2n) is 13.7. The lowest BCUT2D eigenvalue weighted by Gasteiger charge is -2.43. The Bertz CT molecular complexity index is 2120. The van der Waals surface area contributed by atoms with Gasteiger partial charge >= 0.3 is 6.03 Å². The predicted molar refractivity (Wildman–Crippen MR) is 210 cm³/mol. The molecule has 53 heavy (non-hydrogen) atoms. The first-order valence-electron chi connectivity index (χ1n) is 18.0. The minimum atomic E-state index is -0.676. The number of likely N-dealkylation sites (N-methyl/N-ethyl adjacent to an activating group) is 1. The molecule has 0 spiro atoms. The van der Waals surface area contributed by atoms with Gasteiger partial charge in [-0.05, 0) is 96.0 Å². The van der Waals surface area contributed by atoms with Crippen molar-refractivity contribution in [1.29, 1.82) is 0 Å². The zero-order valence-corrected chi connectivity index (χ0v) is 30.2. The molecule has 6 aromatic rings. The monoisotopic (exact) mass is 707 g/mol. The van der Waals surface area contributed by atoms with Crippen molar-refractivity contribution < 1.29 is 24.1 Å². The van der Waals surface area contributed by atoms with E-state index < -0.39 is 6.29 Å². The summed E-state index contributed by atoms with van der Waals surface area (Å²) >= 11 is 0. The first kappa shape index (κ1) is 35.9. The Kier molecular flexibility index (Phi) is 11.1. The molecule has 8 nitrogen and oxygen atoms in total. The number of urea groups is 1. The number of para-hydroxylation sites is 1. The lowest BCUT2D eigenvalue weighted by Crippen LogP contribution is -2.44. The second-order valence-corrected chi connectivity index (χ2v) is 13.7. The summed E-state index contributed by atoms with van der Waals surface area (Å²) in [4.78, 5) is 15.4. The lowest BCUT2D eigenvalue weighted by atomic mass is 9.89. The fraction of sp³-hybridized carbons (Fsp3) is 0.222. The van der Waals surface area contributed by atoms with Crippen molar-refractivity contribution in [1.82, 2.24) is 4.90 Å². The number of carbonyl (C=O) groups is 1. The molecule has 3 N–H and O–H groups in total. The van der Waals surface area contributed by atoms with Crippen LogP contribution in [0.25, 0.3) is 10.8 Å². The van der Waals surface area contributed by atoms with Gasteiger partial charge in [0.05, 0.1) is 18.8 Å². The van der Waals surface area contributed by atoms with E-state index in [1.54, 1.807) is 12.1 Å². The SMILES string of the molecule is C[C@@H]1[C@H](CN(C)[C@H](C)c2ccc3ccccc3c2)O[C@H](c2cccc(NC(=O)Nc3ccc(Oc4ccccc4)cc3)c2)O[C@@H]1c1ccc(CO)cc1. The molecule has 0 aromatic heterocycles. The van der Waals surface area contributed by atoms with E-state index in [0.717, 1.165) is 22.4 Å². The predicted octanol–water partition coefficient (Wildman–Crippen LogP) is 10.3. The fourth-order valence-corrected chi connectivity index (χ4v) is 6.78. The molecular weight excluding hydrogens is 663 g/mol. The Morgan fingerprint density at radius 1 is 0.736 bits per heavy atom. The van der Waals surface area contributed by atoms with E-state index in [1.807, 2.05) is 91.0 Å². The van der Waals surface area contributed by atoms with Crippen LogP contribution < -0.4 is 15.4 Å². The molecule has 0 aliphatic carbocycles. The molecule has 0 radical (unpaired) electrons. The first-order chi connectivity index (χ1) is 25.8. The van der Waals surface area contributed by atoms with Gasteiger partial charge in [0, 0.05) is 35.4 Å². The van der Waals surface area contributed by atoms with E-state index in [1.165, 1.54) is 16.3 Å². The van der Waals surface area contributed by atoms with Crippen molar-refractivity contribution in [3.63, 3.8) is 0 Å². The number of nitrogens with one attached hydrogen (secondary N) is 2. The summed E-state index contributed by atoms with van der Waals surface area (Å²) < 4.78 is 19.4. The van der Waals surface area contributed by atoms with Crippen LogP contribution in [-0.2, 0) is 16.1 Å². The lowest BCUT2D eigenvalue weighted by molar-refractivity contribution is -0.276. The van der Waals surface area contributed by atoms with Gasteiger partial charge in [-0.3, -0.25) is 4.90 Å². The van der Waals surface area contributed by atoms with Crippen LogP contribution in [0.5, 0.6) is 11.5 Å². The average molecular weight is 708 g/mol. The maximum atomic E-state index is 13.1. The van der Waals surface area contributed by atoms with Gasteiger partial charge in [0.25, 0.3) is 0 Å². The van der Waals surface area contributed by atoms with Crippen molar-refractivity contribution >= 4 is 28.2 Å². The standard InChI is InChI=1S/C45H45N3O5/c1-30-42(28-48(3)31(2)35-21-20-33-10-7-8-11-36(33)26-35)52-44(53-43(30)34-18-16-32(29-49)17-19-34)37-12-9-13-39(27-37)47-45(50)46-38-22-24-41(25-23-38)51-40-14-5-4-6-15-40/h4-27,30-31,42-44,49H,28-29H2,1-3H3,(H2,46,47,50)/t30-,31-,42+,43+,44+/m1/s1. The molecule has 1 aliphatic rings. The Morgan fingerprint density at radius 3 is 2.19 bits per heavy atom. The summed E-state index contributed by atoms with van der Waals surface area (Å²) in [6.45, 7) is 5.05. The second kappa shape index (κ2) is 16.4. The quantitative estimate of drug-likeness (QED) is 0.124. The first-order valence-corrected chi connectivity index (χ1v) is 18.0. The molecule has 1 saturated heterocycles. The van der Waals surface area contributed by atoms with Gasteiger partial charge in [-0.25, -0.2) is 4.79 Å². The van der Waals surface area contributed by atoms with Gasteiger partial charge < -0.3 is 30.0 Å². The number of aliphatic hydroxyl groups excluding tert-OH is 1. The number of ether oxygens (including phenoxy) is 3. The molecule has 0 bridgehead atoms. The maximum Gasteiger partial charge on any atom is 0.323 e. The third-order valence-corrected chi connectivity index (χ3v) is 10.0. The molecule has 7 rings (SSSR count). The zero-order valence-electron chi connectivity index (χ0n) is 30.2. The van der Waals surface area contributed by atoms with Crippen LogP contribution in [0.15, 0.2) is 146 Å². The van der Waals surface area contributed by atoms with E-state index in [0.29, 0.717) is 23.7 Å². The summed E-state index contributed by atoms with van der Waals surface area (Å²) in [6, 6.07) is 47.1. The van der Waals surface area contributed by atoms with Gasteiger partial charge in [0.15, 0.2) is 6.29 Å². The van der Waals surface area contributed by atoms with Crippen molar-refractivity contribution in [2.75, 3.05) is 24.2 Å². The number of aliphatic hydroxyl groups is 1. The van der Waals surface area contributed by atoms with Gasteiger partial charge in [-0.15, -0.1) is 0 Å². The highest BCUT2D eigenvalue weighted by Crippen LogP contribution is 2.42. The number of rotatable bonds is 11. The highest BCUT2D eigenvalue weighted by atomic mass is 16.7. The number of nitrogens with zero attached hydrogens (tertiary/aromatic N) is 1. The summed E-state index contributed by atoms with van der Waals surface area (Å²) in [5.74, 6) is 1.44. The molecule has 0 unspecified atom stereocenters. The number of fused-ring (bicyclic) bond motifs is 1. The molecule has 2 amide bonds. The van der Waals surface area contributed by atoms with Crippen molar-refractivity contribution in [3.05, 3.63) is 168 Å². The minimum Gasteiger partial charge on any atom is -0.457 e. The summed E-state index contributed by atoms with van der Waals surface area (Å²) in [7, 11) is 2.14. The minimum absolute atomic E-state index is 0.0193. The van der Waals surface area contributed by atoms with Gasteiger partial charge in [0.1, 0.15) is 11.5 Å². The van der Waals surface area contributed by atoms with Crippen LogP contribution in [0.3, 0.4) is 0 Å². The van der Waals surface area contributed by atoms with Crippen molar-refractivity contribution in [2.45, 2.75) is 45.0 Å². The maximum absolute atomic E-state index is 13.1. The normalized spacial score (nSPS) is 19.1. The number of anilines is 2. The molecular formula is C45H45N3O5. The van der Waals surface area contributed by atoms with E-state index in [2.05, 4.69) is 78.9 Å². The molecule has 1 heterocycles. The zero-order chi connectivity index (χ0) is 36.7. The molecule has 5 atom stereocenters. The fourth-order valence-electron chi connectivity index (χ4n) is 6.78. The smallest absolute Gasteiger partial charge is 0.323 e. The van der Waals surface area contributed by atoms with E-state index >= 15 is 0 Å². The summed E-state index contributed by atoms with van der Waals surface area (Å²) in [6.07, 6.45) is -1.10. The van der Waals surface area contributed by atoms with Gasteiger partial charge in [0.2, 0.25) is 0 Å². The van der Waals surface area contributed by atoms with Crippen molar-refractivity contribution in [2.24, 2.45) is 5.92 Å².